The first-order chi connectivity index (χ1) is 12.3. The van der Waals surface area contributed by atoms with Crippen LogP contribution >= 0.6 is 22.7 Å². The molecule has 4 heteroatoms. The lowest BCUT2D eigenvalue weighted by atomic mass is 10.0. The molecule has 0 unspecified atom stereocenters. The van der Waals surface area contributed by atoms with Crippen molar-refractivity contribution in [3.63, 3.8) is 0 Å². The molecular formula is C21H16O2S2. The highest BCUT2D eigenvalue weighted by molar-refractivity contribution is 7.22. The molecule has 4 aromatic rings. The number of ketones is 1. The van der Waals surface area contributed by atoms with E-state index < -0.39 is 0 Å². The van der Waals surface area contributed by atoms with Crippen molar-refractivity contribution in [3.05, 3.63) is 76.5 Å². The molecule has 0 radical (unpaired) electrons. The lowest BCUT2D eigenvalue weighted by Gasteiger charge is -2.10. The van der Waals surface area contributed by atoms with E-state index in [0.29, 0.717) is 17.9 Å². The molecule has 2 aromatic carbocycles. The quantitative estimate of drug-likeness (QED) is 0.391. The highest BCUT2D eigenvalue weighted by Crippen LogP contribution is 2.36. The van der Waals surface area contributed by atoms with Crippen molar-refractivity contribution in [1.82, 2.24) is 0 Å². The molecule has 25 heavy (non-hydrogen) atoms. The third-order valence-electron chi connectivity index (χ3n) is 3.98. The van der Waals surface area contributed by atoms with Crippen LogP contribution in [0.2, 0.25) is 0 Å². The molecule has 0 aliphatic carbocycles. The first-order valence-corrected chi connectivity index (χ1v) is 9.80. The second-order valence-corrected chi connectivity index (χ2v) is 7.63. The van der Waals surface area contributed by atoms with Crippen LogP contribution < -0.4 is 4.74 Å². The summed E-state index contributed by atoms with van der Waals surface area (Å²) in [5.41, 5.74) is 1.67. The van der Waals surface area contributed by atoms with Gasteiger partial charge in [0.1, 0.15) is 5.75 Å². The monoisotopic (exact) mass is 364 g/mol. The summed E-state index contributed by atoms with van der Waals surface area (Å²) in [5, 5.41) is 3.14. The smallest absolute Gasteiger partial charge is 0.206 e. The Balaban J connectivity index is 1.81. The van der Waals surface area contributed by atoms with Gasteiger partial charge in [0, 0.05) is 9.58 Å². The molecule has 2 aromatic heterocycles. The van der Waals surface area contributed by atoms with E-state index in [2.05, 4.69) is 18.2 Å². The predicted octanol–water partition coefficient (Wildman–Crippen LogP) is 6.26. The topological polar surface area (TPSA) is 26.3 Å². The Morgan fingerprint density at radius 3 is 2.68 bits per heavy atom. The number of hydrogen-bond donors (Lipinski definition) is 0. The lowest BCUT2D eigenvalue weighted by molar-refractivity contribution is 0.103. The van der Waals surface area contributed by atoms with Gasteiger partial charge in [-0.15, -0.1) is 22.7 Å². The molecule has 0 aliphatic rings. The van der Waals surface area contributed by atoms with Crippen molar-refractivity contribution < 1.29 is 9.53 Å². The predicted molar refractivity (Wildman–Crippen MR) is 106 cm³/mol. The summed E-state index contributed by atoms with van der Waals surface area (Å²) in [6.07, 6.45) is 0. The summed E-state index contributed by atoms with van der Waals surface area (Å²) in [6.45, 7) is 2.46. The van der Waals surface area contributed by atoms with Gasteiger partial charge in [0.25, 0.3) is 0 Å². The average Bonchev–Trinajstić information content (AvgIpc) is 3.31. The Labute approximate surface area is 154 Å². The normalized spacial score (nSPS) is 10.9. The van der Waals surface area contributed by atoms with Crippen molar-refractivity contribution in [2.75, 3.05) is 6.61 Å². The highest BCUT2D eigenvalue weighted by Gasteiger charge is 2.17. The zero-order chi connectivity index (χ0) is 17.2. The number of hydrogen-bond acceptors (Lipinski definition) is 4. The SMILES string of the molecule is CCOc1ccc(-c2cc3ccccc3s2)cc1C(=O)c1cccs1. The molecule has 0 atom stereocenters. The first kappa shape index (κ1) is 16.1. The van der Waals surface area contributed by atoms with Crippen LogP contribution in [0.5, 0.6) is 5.75 Å². The summed E-state index contributed by atoms with van der Waals surface area (Å²) in [4.78, 5) is 14.8. The minimum absolute atomic E-state index is 0.0152. The second kappa shape index (κ2) is 6.82. The van der Waals surface area contributed by atoms with E-state index in [1.54, 1.807) is 11.3 Å². The molecule has 4 rings (SSSR count). The van der Waals surface area contributed by atoms with Crippen LogP contribution in [0.4, 0.5) is 0 Å². The first-order valence-electron chi connectivity index (χ1n) is 8.10. The van der Waals surface area contributed by atoms with Gasteiger partial charge in [-0.05, 0) is 59.7 Å². The maximum Gasteiger partial charge on any atom is 0.206 e. The van der Waals surface area contributed by atoms with Crippen molar-refractivity contribution in [2.24, 2.45) is 0 Å². The third-order valence-corrected chi connectivity index (χ3v) is 6.01. The highest BCUT2D eigenvalue weighted by atomic mass is 32.1. The Kier molecular flexibility index (Phi) is 4.38. The van der Waals surface area contributed by atoms with Gasteiger partial charge in [0.15, 0.2) is 0 Å². The van der Waals surface area contributed by atoms with Crippen LogP contribution in [0.1, 0.15) is 22.2 Å². The Morgan fingerprint density at radius 1 is 1.04 bits per heavy atom. The number of thiophene rings is 2. The third kappa shape index (κ3) is 3.11. The van der Waals surface area contributed by atoms with Crippen molar-refractivity contribution in [2.45, 2.75) is 6.92 Å². The van der Waals surface area contributed by atoms with Gasteiger partial charge >= 0.3 is 0 Å². The maximum absolute atomic E-state index is 12.9. The van der Waals surface area contributed by atoms with Crippen LogP contribution in [0.3, 0.4) is 0 Å². The van der Waals surface area contributed by atoms with Crippen LogP contribution in [0.15, 0.2) is 66.0 Å². The fraction of sp³-hybridized carbons (Fsp3) is 0.0952. The summed E-state index contributed by atoms with van der Waals surface area (Å²) in [7, 11) is 0. The number of carbonyl (C=O) groups is 1. The molecule has 2 nitrogen and oxygen atoms in total. The van der Waals surface area contributed by atoms with Crippen molar-refractivity contribution >= 4 is 38.5 Å². The van der Waals surface area contributed by atoms with Gasteiger partial charge < -0.3 is 4.74 Å². The minimum Gasteiger partial charge on any atom is -0.493 e. The molecule has 0 saturated carbocycles. The van der Waals surface area contributed by atoms with Gasteiger partial charge in [-0.3, -0.25) is 4.79 Å². The summed E-state index contributed by atoms with van der Waals surface area (Å²) in [6, 6.07) is 20.1. The van der Waals surface area contributed by atoms with E-state index in [1.807, 2.05) is 54.8 Å². The molecule has 2 heterocycles. The van der Waals surface area contributed by atoms with Crippen LogP contribution in [0, 0.1) is 0 Å². The Hall–Kier alpha value is -2.43. The number of benzene rings is 2. The standard InChI is InChI=1S/C21H16O2S2/c1-2-23-17-10-9-15(12-16(17)21(22)19-8-5-11-24-19)20-13-14-6-3-4-7-18(14)25-20/h3-13H,2H2,1H3. The number of fused-ring (bicyclic) bond motifs is 1. The summed E-state index contributed by atoms with van der Waals surface area (Å²) >= 11 is 3.19. The molecule has 0 saturated heterocycles. The molecule has 124 valence electrons. The fourth-order valence-corrected chi connectivity index (χ4v) is 4.54. The second-order valence-electron chi connectivity index (χ2n) is 5.60. The average molecular weight is 364 g/mol. The largest absolute Gasteiger partial charge is 0.493 e. The zero-order valence-electron chi connectivity index (χ0n) is 13.7. The summed E-state index contributed by atoms with van der Waals surface area (Å²) in [5.74, 6) is 0.659. The molecule has 0 aliphatic heterocycles. The van der Waals surface area contributed by atoms with Gasteiger partial charge in [-0.2, -0.15) is 0 Å². The van der Waals surface area contributed by atoms with E-state index in [0.717, 1.165) is 15.3 Å². The number of carbonyl (C=O) groups excluding carboxylic acids is 1. The molecule has 0 bridgehead atoms. The minimum atomic E-state index is 0.0152. The van der Waals surface area contributed by atoms with Crippen LogP contribution in [-0.2, 0) is 0 Å². The maximum atomic E-state index is 12.9. The molecule has 0 spiro atoms. The zero-order valence-corrected chi connectivity index (χ0v) is 15.3. The molecule has 0 fully saturated rings. The lowest BCUT2D eigenvalue weighted by Crippen LogP contribution is -2.04. The van der Waals surface area contributed by atoms with Gasteiger partial charge in [-0.1, -0.05) is 24.3 Å². The van der Waals surface area contributed by atoms with Crippen molar-refractivity contribution in [1.29, 1.82) is 0 Å². The number of rotatable bonds is 5. The van der Waals surface area contributed by atoms with E-state index in [4.69, 9.17) is 4.74 Å². The van der Waals surface area contributed by atoms with E-state index in [-0.39, 0.29) is 5.78 Å². The van der Waals surface area contributed by atoms with E-state index >= 15 is 0 Å². The molecule has 0 amide bonds. The molecular weight excluding hydrogens is 348 g/mol. The Bertz CT molecular complexity index is 996. The van der Waals surface area contributed by atoms with Crippen molar-refractivity contribution in [3.8, 4) is 16.2 Å². The van der Waals surface area contributed by atoms with E-state index in [9.17, 15) is 4.79 Å². The van der Waals surface area contributed by atoms with Crippen LogP contribution in [-0.4, -0.2) is 12.4 Å². The summed E-state index contributed by atoms with van der Waals surface area (Å²) < 4.78 is 6.94. The van der Waals surface area contributed by atoms with Gasteiger partial charge in [-0.25, -0.2) is 0 Å². The number of ether oxygens (including phenoxy) is 1. The Morgan fingerprint density at radius 2 is 1.92 bits per heavy atom. The van der Waals surface area contributed by atoms with Gasteiger partial charge in [0.2, 0.25) is 5.78 Å². The van der Waals surface area contributed by atoms with Gasteiger partial charge in [0.05, 0.1) is 17.0 Å². The molecule has 0 N–H and O–H groups in total. The van der Waals surface area contributed by atoms with Crippen LogP contribution in [0.25, 0.3) is 20.5 Å². The van der Waals surface area contributed by atoms with E-state index in [1.165, 1.54) is 21.4 Å². The fourth-order valence-electron chi connectivity index (χ4n) is 2.81.